The molecule has 7 nitrogen and oxygen atoms in total. The first kappa shape index (κ1) is 20.2. The highest BCUT2D eigenvalue weighted by atomic mass is 32.2. The fraction of sp³-hybridized carbons (Fsp3) is 0.300. The summed E-state index contributed by atoms with van der Waals surface area (Å²) in [7, 11) is -3.49. The van der Waals surface area contributed by atoms with Crippen molar-refractivity contribution in [2.75, 3.05) is 38.0 Å². The van der Waals surface area contributed by atoms with Crippen molar-refractivity contribution in [1.82, 2.24) is 4.31 Å². The lowest BCUT2D eigenvalue weighted by molar-refractivity contribution is -0.895. The predicted molar refractivity (Wildman–Crippen MR) is 106 cm³/mol. The lowest BCUT2D eigenvalue weighted by atomic mass is 10.1. The maximum Gasteiger partial charge on any atom is 0.279 e. The third-order valence-electron chi connectivity index (χ3n) is 4.77. The highest BCUT2D eigenvalue weighted by Gasteiger charge is 2.30. The Bertz CT molecular complexity index is 952. The van der Waals surface area contributed by atoms with Gasteiger partial charge in [0.05, 0.1) is 31.1 Å². The first-order valence-corrected chi connectivity index (χ1v) is 10.6. The molecule has 0 aromatic heterocycles. The SMILES string of the molecule is CC(=O)c1cccc(NC(=O)C[NH+]2CCN(S(=O)(=O)c3ccccc3)CC2)c1. The molecular formula is C20H24N3O4S+. The Labute approximate surface area is 165 Å². The van der Waals surface area contributed by atoms with Gasteiger partial charge in [-0.2, -0.15) is 4.31 Å². The first-order valence-electron chi connectivity index (χ1n) is 9.16. The molecule has 1 aliphatic heterocycles. The van der Waals surface area contributed by atoms with Crippen molar-refractivity contribution in [2.45, 2.75) is 11.8 Å². The molecule has 2 N–H and O–H groups in total. The lowest BCUT2D eigenvalue weighted by Crippen LogP contribution is -3.15. The molecule has 0 atom stereocenters. The smallest absolute Gasteiger partial charge is 0.279 e. The van der Waals surface area contributed by atoms with E-state index in [1.54, 1.807) is 54.6 Å². The molecule has 0 radical (unpaired) electrons. The minimum atomic E-state index is -3.49. The number of ketones is 1. The summed E-state index contributed by atoms with van der Waals surface area (Å²) < 4.78 is 26.8. The Morgan fingerprint density at radius 2 is 1.71 bits per heavy atom. The van der Waals surface area contributed by atoms with Crippen LogP contribution in [0.5, 0.6) is 0 Å². The summed E-state index contributed by atoms with van der Waals surface area (Å²) >= 11 is 0. The Balaban J connectivity index is 1.53. The van der Waals surface area contributed by atoms with Gasteiger partial charge in [-0.15, -0.1) is 0 Å². The number of carbonyl (C=O) groups is 2. The normalized spacial score (nSPS) is 15.9. The zero-order chi connectivity index (χ0) is 20.1. The molecule has 1 aliphatic rings. The Kier molecular flexibility index (Phi) is 6.23. The molecule has 0 spiro atoms. The maximum atomic E-state index is 12.7. The Morgan fingerprint density at radius 1 is 1.04 bits per heavy atom. The summed E-state index contributed by atoms with van der Waals surface area (Å²) in [4.78, 5) is 25.1. The Hall–Kier alpha value is -2.55. The molecule has 3 rings (SSSR count). The molecule has 148 valence electrons. The van der Waals surface area contributed by atoms with E-state index in [-0.39, 0.29) is 18.2 Å². The number of rotatable bonds is 6. The number of piperazine rings is 1. The second kappa shape index (κ2) is 8.64. The molecule has 8 heteroatoms. The fourth-order valence-electron chi connectivity index (χ4n) is 3.21. The van der Waals surface area contributed by atoms with Crippen molar-refractivity contribution >= 4 is 27.4 Å². The zero-order valence-corrected chi connectivity index (χ0v) is 16.5. The van der Waals surface area contributed by atoms with Crippen molar-refractivity contribution in [1.29, 1.82) is 0 Å². The number of amides is 1. The van der Waals surface area contributed by atoms with Crippen molar-refractivity contribution in [2.24, 2.45) is 0 Å². The molecule has 0 unspecified atom stereocenters. The third kappa shape index (κ3) is 4.83. The summed E-state index contributed by atoms with van der Waals surface area (Å²) in [5.41, 5.74) is 1.13. The minimum absolute atomic E-state index is 0.0579. The van der Waals surface area contributed by atoms with Crippen LogP contribution in [0.3, 0.4) is 0 Å². The van der Waals surface area contributed by atoms with Gasteiger partial charge in [-0.25, -0.2) is 8.42 Å². The summed E-state index contributed by atoms with van der Waals surface area (Å²) in [5, 5.41) is 2.81. The largest absolute Gasteiger partial charge is 0.325 e. The number of carbonyl (C=O) groups excluding carboxylic acids is 2. The van der Waals surface area contributed by atoms with E-state index in [0.717, 1.165) is 4.90 Å². The van der Waals surface area contributed by atoms with Crippen LogP contribution in [0.4, 0.5) is 5.69 Å². The van der Waals surface area contributed by atoms with Gasteiger partial charge in [0.2, 0.25) is 10.0 Å². The topological polar surface area (TPSA) is 88.0 Å². The molecule has 0 saturated carbocycles. The molecule has 1 saturated heterocycles. The second-order valence-corrected chi connectivity index (χ2v) is 8.77. The van der Waals surface area contributed by atoms with Crippen molar-refractivity contribution in [3.05, 3.63) is 60.2 Å². The van der Waals surface area contributed by atoms with E-state index in [1.807, 2.05) is 0 Å². The van der Waals surface area contributed by atoms with E-state index in [0.29, 0.717) is 42.3 Å². The van der Waals surface area contributed by atoms with Gasteiger partial charge in [-0.05, 0) is 31.2 Å². The van der Waals surface area contributed by atoms with E-state index in [9.17, 15) is 18.0 Å². The quantitative estimate of drug-likeness (QED) is 0.686. The first-order chi connectivity index (χ1) is 13.4. The van der Waals surface area contributed by atoms with Crippen LogP contribution in [0.25, 0.3) is 0 Å². The molecular weight excluding hydrogens is 378 g/mol. The number of benzene rings is 2. The molecule has 2 aromatic rings. The summed E-state index contributed by atoms with van der Waals surface area (Å²) in [6.45, 7) is 3.61. The van der Waals surface area contributed by atoms with E-state index >= 15 is 0 Å². The van der Waals surface area contributed by atoms with Gasteiger partial charge in [0.1, 0.15) is 0 Å². The third-order valence-corrected chi connectivity index (χ3v) is 6.69. The molecule has 2 aromatic carbocycles. The average Bonchev–Trinajstić information content (AvgIpc) is 2.69. The van der Waals surface area contributed by atoms with Crippen LogP contribution in [-0.2, 0) is 14.8 Å². The molecule has 28 heavy (non-hydrogen) atoms. The predicted octanol–water partition coefficient (Wildman–Crippen LogP) is 0.417. The van der Waals surface area contributed by atoms with E-state index in [1.165, 1.54) is 11.2 Å². The molecule has 1 heterocycles. The highest BCUT2D eigenvalue weighted by molar-refractivity contribution is 7.89. The van der Waals surface area contributed by atoms with E-state index < -0.39 is 10.0 Å². The monoisotopic (exact) mass is 402 g/mol. The number of sulfonamides is 1. The summed E-state index contributed by atoms with van der Waals surface area (Å²) in [6, 6.07) is 15.2. The van der Waals surface area contributed by atoms with Crippen LogP contribution < -0.4 is 10.2 Å². The van der Waals surface area contributed by atoms with Gasteiger partial charge in [-0.3, -0.25) is 9.59 Å². The van der Waals surface area contributed by atoms with Gasteiger partial charge in [-0.1, -0.05) is 30.3 Å². The van der Waals surface area contributed by atoms with Crippen LogP contribution >= 0.6 is 0 Å². The second-order valence-electron chi connectivity index (χ2n) is 6.83. The van der Waals surface area contributed by atoms with Crippen molar-refractivity contribution in [3.63, 3.8) is 0 Å². The molecule has 0 aliphatic carbocycles. The number of Topliss-reactive ketones (excluding diaryl/α,β-unsaturated/α-hetero) is 1. The number of quaternary nitrogens is 1. The fourth-order valence-corrected chi connectivity index (χ4v) is 4.67. The lowest BCUT2D eigenvalue weighted by Gasteiger charge is -2.31. The molecule has 0 bridgehead atoms. The van der Waals surface area contributed by atoms with Crippen molar-refractivity contribution in [3.8, 4) is 0 Å². The van der Waals surface area contributed by atoms with Gasteiger partial charge >= 0.3 is 0 Å². The zero-order valence-electron chi connectivity index (χ0n) is 15.7. The number of hydrogen-bond acceptors (Lipinski definition) is 4. The van der Waals surface area contributed by atoms with Gasteiger partial charge in [0.25, 0.3) is 5.91 Å². The standard InChI is InChI=1S/C20H23N3O4S/c1-16(24)17-6-5-7-18(14-17)21-20(25)15-22-10-12-23(13-11-22)28(26,27)19-8-3-2-4-9-19/h2-9,14H,10-13,15H2,1H3,(H,21,25)/p+1. The number of nitrogens with zero attached hydrogens (tertiary/aromatic N) is 1. The van der Waals surface area contributed by atoms with Crippen LogP contribution in [-0.4, -0.2) is 57.1 Å². The van der Waals surface area contributed by atoms with Gasteiger partial charge in [0, 0.05) is 11.3 Å². The van der Waals surface area contributed by atoms with Crippen LogP contribution in [0.2, 0.25) is 0 Å². The maximum absolute atomic E-state index is 12.7. The Morgan fingerprint density at radius 3 is 2.36 bits per heavy atom. The number of anilines is 1. The minimum Gasteiger partial charge on any atom is -0.325 e. The molecule has 1 fully saturated rings. The van der Waals surface area contributed by atoms with Gasteiger partial charge in [0.15, 0.2) is 12.3 Å². The van der Waals surface area contributed by atoms with E-state index in [4.69, 9.17) is 0 Å². The highest BCUT2D eigenvalue weighted by Crippen LogP contribution is 2.15. The van der Waals surface area contributed by atoms with Crippen LogP contribution in [0, 0.1) is 0 Å². The number of hydrogen-bond donors (Lipinski definition) is 2. The summed E-state index contributed by atoms with van der Waals surface area (Å²) in [6.07, 6.45) is 0. The number of nitrogens with one attached hydrogen (secondary N) is 2. The van der Waals surface area contributed by atoms with Crippen LogP contribution in [0.1, 0.15) is 17.3 Å². The van der Waals surface area contributed by atoms with Crippen LogP contribution in [0.15, 0.2) is 59.5 Å². The van der Waals surface area contributed by atoms with Gasteiger partial charge < -0.3 is 10.2 Å². The average molecular weight is 402 g/mol. The van der Waals surface area contributed by atoms with E-state index in [2.05, 4.69) is 5.32 Å². The molecule has 1 amide bonds. The van der Waals surface area contributed by atoms with Crippen molar-refractivity contribution < 1.29 is 22.9 Å². The summed E-state index contributed by atoms with van der Waals surface area (Å²) in [5.74, 6) is -0.215.